The lowest BCUT2D eigenvalue weighted by molar-refractivity contribution is -0.167. The molecule has 0 fully saturated rings. The van der Waals surface area contributed by atoms with Gasteiger partial charge in [-0.2, -0.15) is 0 Å². The molecule has 0 rings (SSSR count). The molecule has 0 aliphatic carbocycles. The molecule has 0 aliphatic heterocycles. The van der Waals surface area contributed by atoms with Gasteiger partial charge in [0.25, 0.3) is 0 Å². The summed E-state index contributed by atoms with van der Waals surface area (Å²) >= 11 is 0. The maximum Gasteiger partial charge on any atom is 0.306 e. The van der Waals surface area contributed by atoms with E-state index in [2.05, 4.69) is 81.5 Å². The molecule has 1 unspecified atom stereocenters. The van der Waals surface area contributed by atoms with Gasteiger partial charge in [0.1, 0.15) is 13.2 Å². The summed E-state index contributed by atoms with van der Waals surface area (Å²) in [5.74, 6) is -0.852. The Morgan fingerprint density at radius 3 is 0.836 bits per heavy atom. The number of hydrogen-bond acceptors (Lipinski definition) is 6. The molecule has 0 bridgehead atoms. The van der Waals surface area contributed by atoms with Gasteiger partial charge in [0.2, 0.25) is 0 Å². The minimum absolute atomic E-state index is 0.0691. The van der Waals surface area contributed by atoms with Crippen molar-refractivity contribution in [3.8, 4) is 0 Å². The first-order valence-corrected chi connectivity index (χ1v) is 31.8. The van der Waals surface area contributed by atoms with E-state index in [0.717, 1.165) is 89.9 Å². The van der Waals surface area contributed by atoms with Crippen LogP contribution in [0.5, 0.6) is 0 Å². The van der Waals surface area contributed by atoms with E-state index < -0.39 is 6.10 Å². The highest BCUT2D eigenvalue weighted by atomic mass is 16.6. The first-order chi connectivity index (χ1) is 36.0. The number of unbranched alkanes of at least 4 members (excludes halogenated alkanes) is 37. The van der Waals surface area contributed by atoms with Crippen molar-refractivity contribution in [1.29, 1.82) is 0 Å². The molecule has 0 N–H and O–H groups in total. The van der Waals surface area contributed by atoms with Crippen molar-refractivity contribution in [2.75, 3.05) is 13.2 Å². The zero-order valence-corrected chi connectivity index (χ0v) is 48.7. The van der Waals surface area contributed by atoms with Crippen LogP contribution in [0.15, 0.2) is 60.8 Å². The Morgan fingerprint density at radius 2 is 0.534 bits per heavy atom. The summed E-state index contributed by atoms with van der Waals surface area (Å²) in [5, 5.41) is 0. The van der Waals surface area contributed by atoms with E-state index in [4.69, 9.17) is 14.2 Å². The lowest BCUT2D eigenvalue weighted by atomic mass is 10.0. The third-order valence-electron chi connectivity index (χ3n) is 14.0. The molecule has 0 aliphatic rings. The Kier molecular flexibility index (Phi) is 59.2. The number of allylic oxidation sites excluding steroid dienone is 10. The lowest BCUT2D eigenvalue weighted by Crippen LogP contribution is -2.30. The highest BCUT2D eigenvalue weighted by molar-refractivity contribution is 5.71. The van der Waals surface area contributed by atoms with Crippen LogP contribution in [0.2, 0.25) is 0 Å². The third-order valence-corrected chi connectivity index (χ3v) is 14.0. The van der Waals surface area contributed by atoms with Crippen molar-refractivity contribution in [3.63, 3.8) is 0 Å². The molecule has 73 heavy (non-hydrogen) atoms. The fourth-order valence-corrected chi connectivity index (χ4v) is 9.30. The molecule has 0 aromatic rings. The molecule has 0 amide bonds. The topological polar surface area (TPSA) is 78.9 Å². The van der Waals surface area contributed by atoms with Gasteiger partial charge >= 0.3 is 17.9 Å². The zero-order chi connectivity index (χ0) is 52.9. The van der Waals surface area contributed by atoms with Gasteiger partial charge in [0.05, 0.1) is 0 Å². The molecule has 0 saturated heterocycles. The van der Waals surface area contributed by atoms with Crippen molar-refractivity contribution in [2.45, 2.75) is 335 Å². The van der Waals surface area contributed by atoms with Gasteiger partial charge in [0, 0.05) is 19.3 Å². The molecular weight excluding hydrogens is 901 g/mol. The number of esters is 3. The van der Waals surface area contributed by atoms with Gasteiger partial charge in [-0.25, -0.2) is 0 Å². The highest BCUT2D eigenvalue weighted by Crippen LogP contribution is 2.17. The standard InChI is InChI=1S/C67H120O6/c1-4-7-10-13-16-19-22-25-28-29-30-31-32-33-34-35-36-37-38-39-40-43-45-48-51-54-57-60-66(69)72-63-64(73-67(70)61-58-55-52-49-46-42-27-24-21-18-15-12-9-6-3)62-71-65(68)59-56-53-50-47-44-41-26-23-20-17-14-11-8-5-2/h7,10,16,19,25,28,30-31,33-34,64H,4-6,8-9,11-15,17-18,20-24,26-27,29,32,35-63H2,1-3H3/b10-7-,19-16-,28-25-,31-30-,34-33-. The van der Waals surface area contributed by atoms with Gasteiger partial charge in [-0.3, -0.25) is 14.4 Å². The average molecular weight is 1020 g/mol. The molecule has 1 atom stereocenters. The Bertz CT molecular complexity index is 1310. The first-order valence-electron chi connectivity index (χ1n) is 31.8. The van der Waals surface area contributed by atoms with Crippen LogP contribution in [-0.2, 0) is 28.6 Å². The third kappa shape index (κ3) is 59.9. The Balaban J connectivity index is 4.24. The van der Waals surface area contributed by atoms with Gasteiger partial charge < -0.3 is 14.2 Å². The second-order valence-corrected chi connectivity index (χ2v) is 21.3. The smallest absolute Gasteiger partial charge is 0.306 e. The van der Waals surface area contributed by atoms with Crippen LogP contribution in [0.25, 0.3) is 0 Å². The summed E-state index contributed by atoms with van der Waals surface area (Å²) in [6, 6.07) is 0. The first kappa shape index (κ1) is 70.1. The van der Waals surface area contributed by atoms with E-state index in [1.54, 1.807) is 0 Å². The number of carbonyl (C=O) groups is 3. The summed E-state index contributed by atoms with van der Waals surface area (Å²) < 4.78 is 16.9. The molecule has 0 aromatic heterocycles. The maximum atomic E-state index is 12.9. The lowest BCUT2D eigenvalue weighted by Gasteiger charge is -2.18. The van der Waals surface area contributed by atoms with Crippen molar-refractivity contribution < 1.29 is 28.6 Å². The van der Waals surface area contributed by atoms with Gasteiger partial charge in [-0.1, -0.05) is 306 Å². The molecule has 6 nitrogen and oxygen atoms in total. The van der Waals surface area contributed by atoms with E-state index in [0.29, 0.717) is 19.3 Å². The van der Waals surface area contributed by atoms with Crippen LogP contribution in [0.1, 0.15) is 329 Å². The van der Waals surface area contributed by atoms with E-state index in [1.807, 2.05) is 0 Å². The zero-order valence-electron chi connectivity index (χ0n) is 48.7. The van der Waals surface area contributed by atoms with Crippen molar-refractivity contribution >= 4 is 17.9 Å². The number of carbonyl (C=O) groups excluding carboxylic acids is 3. The normalized spacial score (nSPS) is 12.4. The van der Waals surface area contributed by atoms with Crippen LogP contribution in [0.3, 0.4) is 0 Å². The predicted molar refractivity (Wildman–Crippen MR) is 316 cm³/mol. The summed E-state index contributed by atoms with van der Waals surface area (Å²) in [5.41, 5.74) is 0. The van der Waals surface area contributed by atoms with Crippen molar-refractivity contribution in [3.05, 3.63) is 60.8 Å². The maximum absolute atomic E-state index is 12.9. The largest absolute Gasteiger partial charge is 0.462 e. The van der Waals surface area contributed by atoms with Crippen molar-refractivity contribution in [1.82, 2.24) is 0 Å². The predicted octanol–water partition coefficient (Wildman–Crippen LogP) is 21.6. The van der Waals surface area contributed by atoms with Crippen LogP contribution < -0.4 is 0 Å². The van der Waals surface area contributed by atoms with Gasteiger partial charge in [0.15, 0.2) is 6.10 Å². The van der Waals surface area contributed by atoms with Crippen LogP contribution in [-0.4, -0.2) is 37.2 Å². The fraction of sp³-hybridized carbons (Fsp3) is 0.806. The van der Waals surface area contributed by atoms with E-state index >= 15 is 0 Å². The monoisotopic (exact) mass is 1020 g/mol. The molecule has 0 saturated carbocycles. The second kappa shape index (κ2) is 61.7. The average Bonchev–Trinajstić information content (AvgIpc) is 3.39. The second-order valence-electron chi connectivity index (χ2n) is 21.3. The van der Waals surface area contributed by atoms with Gasteiger partial charge in [-0.05, 0) is 64.2 Å². The quantitative estimate of drug-likeness (QED) is 0.0261. The number of rotatable bonds is 58. The summed E-state index contributed by atoms with van der Waals surface area (Å²) in [6.45, 7) is 6.57. The van der Waals surface area contributed by atoms with Crippen LogP contribution in [0, 0.1) is 0 Å². The fourth-order valence-electron chi connectivity index (χ4n) is 9.30. The SMILES string of the molecule is CC/C=C\C/C=C\C/C=C\C/C=C\C/C=C\CCCCCCCCCCCCCC(=O)OCC(COC(=O)CCCCCCCCCCCCCCCC)OC(=O)CCCCCCCCCCCCCCCC. The minimum atomic E-state index is -0.771. The molecule has 424 valence electrons. The Labute approximate surface area is 453 Å². The van der Waals surface area contributed by atoms with Crippen LogP contribution >= 0.6 is 0 Å². The molecule has 0 spiro atoms. The molecule has 0 aromatic carbocycles. The highest BCUT2D eigenvalue weighted by Gasteiger charge is 2.19. The van der Waals surface area contributed by atoms with Gasteiger partial charge in [-0.15, -0.1) is 0 Å². The molecule has 0 radical (unpaired) electrons. The summed E-state index contributed by atoms with van der Waals surface area (Å²) in [7, 11) is 0. The van der Waals surface area contributed by atoms with E-state index in [9.17, 15) is 14.4 Å². The van der Waals surface area contributed by atoms with E-state index in [1.165, 1.54) is 199 Å². The Hall–Kier alpha value is -2.89. The minimum Gasteiger partial charge on any atom is -0.462 e. The summed E-state index contributed by atoms with van der Waals surface area (Å²) in [4.78, 5) is 38.3. The summed E-state index contributed by atoms with van der Waals surface area (Å²) in [6.07, 6.45) is 77.9. The number of hydrogen-bond donors (Lipinski definition) is 0. The molecule has 6 heteroatoms. The molecule has 0 heterocycles. The number of ether oxygens (including phenoxy) is 3. The molecular formula is C67H120O6. The van der Waals surface area contributed by atoms with E-state index in [-0.39, 0.29) is 31.1 Å². The van der Waals surface area contributed by atoms with Crippen molar-refractivity contribution in [2.24, 2.45) is 0 Å². The Morgan fingerprint density at radius 1 is 0.288 bits per heavy atom. The van der Waals surface area contributed by atoms with Crippen LogP contribution in [0.4, 0.5) is 0 Å².